The van der Waals surface area contributed by atoms with E-state index in [0.717, 1.165) is 4.70 Å². The van der Waals surface area contributed by atoms with Gasteiger partial charge in [0.05, 0.1) is 25.0 Å². The Kier molecular flexibility index (Phi) is 4.50. The number of halogens is 1. The van der Waals surface area contributed by atoms with Gasteiger partial charge in [-0.1, -0.05) is 11.6 Å². The summed E-state index contributed by atoms with van der Waals surface area (Å²) >= 11 is 8.58. The van der Waals surface area contributed by atoms with Gasteiger partial charge >= 0.3 is 0 Å². The van der Waals surface area contributed by atoms with E-state index in [1.807, 2.05) is 5.38 Å². The number of hydrogen-bond donors (Lipinski definition) is 1. The summed E-state index contributed by atoms with van der Waals surface area (Å²) in [6.45, 7) is 0. The van der Waals surface area contributed by atoms with E-state index < -0.39 is 15.9 Å². The molecule has 0 saturated carbocycles. The normalized spacial score (nSPS) is 11.8. The molecule has 0 unspecified atom stereocenters. The molecule has 4 heterocycles. The molecule has 0 atom stereocenters. The molecule has 11 heteroatoms. The van der Waals surface area contributed by atoms with Crippen molar-refractivity contribution >= 4 is 60.4 Å². The van der Waals surface area contributed by atoms with Gasteiger partial charge < -0.3 is 0 Å². The second-order valence-electron chi connectivity index (χ2n) is 5.58. The third-order valence-corrected chi connectivity index (χ3v) is 7.08. The number of aryl methyl sites for hydroxylation is 1. The van der Waals surface area contributed by atoms with Gasteiger partial charge in [0, 0.05) is 19.4 Å². The number of carbonyl (C=O) groups is 1. The second kappa shape index (κ2) is 6.71. The van der Waals surface area contributed by atoms with E-state index in [1.165, 1.54) is 45.8 Å². The van der Waals surface area contributed by atoms with E-state index in [0.29, 0.717) is 20.4 Å². The summed E-state index contributed by atoms with van der Waals surface area (Å²) in [5.41, 5.74) is 1.22. The molecule has 7 nitrogen and oxygen atoms in total. The lowest BCUT2D eigenvalue weighted by molar-refractivity contribution is 0.0982. The van der Waals surface area contributed by atoms with E-state index in [1.54, 1.807) is 25.2 Å². The SMILES string of the molecule is Cn1cc(C(=O)NS(=O)(=O)c2cnc3ccsc3c2)c(-c2ccc(Cl)s2)n1. The van der Waals surface area contributed by atoms with Crippen molar-refractivity contribution in [3.8, 4) is 10.6 Å². The summed E-state index contributed by atoms with van der Waals surface area (Å²) in [6.07, 6.45) is 2.70. The van der Waals surface area contributed by atoms with Gasteiger partial charge in [0.2, 0.25) is 0 Å². The quantitative estimate of drug-likeness (QED) is 0.526. The van der Waals surface area contributed by atoms with Gasteiger partial charge in [0.25, 0.3) is 15.9 Å². The van der Waals surface area contributed by atoms with E-state index in [9.17, 15) is 13.2 Å². The van der Waals surface area contributed by atoms with Crippen LogP contribution >= 0.6 is 34.3 Å². The number of nitrogens with zero attached hydrogens (tertiary/aromatic N) is 3. The Morgan fingerprint density at radius 3 is 2.85 bits per heavy atom. The van der Waals surface area contributed by atoms with Crippen LogP contribution in [-0.2, 0) is 17.1 Å². The summed E-state index contributed by atoms with van der Waals surface area (Å²) < 4.78 is 30.1. The highest BCUT2D eigenvalue weighted by Crippen LogP contribution is 2.32. The highest BCUT2D eigenvalue weighted by molar-refractivity contribution is 7.90. The maximum Gasteiger partial charge on any atom is 0.268 e. The van der Waals surface area contributed by atoms with Crippen molar-refractivity contribution in [2.24, 2.45) is 7.05 Å². The maximum atomic E-state index is 12.7. The van der Waals surface area contributed by atoms with E-state index in [-0.39, 0.29) is 10.5 Å². The molecule has 1 N–H and O–H groups in total. The Bertz CT molecular complexity index is 1270. The fraction of sp³-hybridized carbons (Fsp3) is 0.0625. The van der Waals surface area contributed by atoms with Crippen LogP contribution in [0.15, 0.2) is 46.9 Å². The Morgan fingerprint density at radius 2 is 2.11 bits per heavy atom. The van der Waals surface area contributed by atoms with Crippen molar-refractivity contribution in [3.63, 3.8) is 0 Å². The van der Waals surface area contributed by atoms with E-state index >= 15 is 0 Å². The molecule has 0 radical (unpaired) electrons. The molecular formula is C16H11ClN4O3S3. The zero-order valence-corrected chi connectivity index (χ0v) is 16.9. The minimum absolute atomic E-state index is 0.0737. The minimum Gasteiger partial charge on any atom is -0.274 e. The molecule has 1 amide bonds. The lowest BCUT2D eigenvalue weighted by atomic mass is 10.2. The Hall–Kier alpha value is -2.27. The van der Waals surface area contributed by atoms with Crippen LogP contribution in [0.1, 0.15) is 10.4 Å². The first-order valence-corrected chi connectivity index (χ1v) is 11.1. The van der Waals surface area contributed by atoms with Crippen LogP contribution in [0.2, 0.25) is 4.34 Å². The topological polar surface area (TPSA) is 94.0 Å². The molecule has 0 aliphatic carbocycles. The molecule has 0 aliphatic heterocycles. The number of rotatable bonds is 4. The molecule has 0 saturated heterocycles. The largest absolute Gasteiger partial charge is 0.274 e. The maximum absolute atomic E-state index is 12.7. The molecule has 4 aromatic heterocycles. The summed E-state index contributed by atoms with van der Waals surface area (Å²) in [7, 11) is -2.43. The zero-order chi connectivity index (χ0) is 19.2. The monoisotopic (exact) mass is 438 g/mol. The van der Waals surface area contributed by atoms with Gasteiger partial charge in [-0.3, -0.25) is 14.5 Å². The van der Waals surface area contributed by atoms with Crippen LogP contribution < -0.4 is 4.72 Å². The van der Waals surface area contributed by atoms with Gasteiger partial charge in [0.1, 0.15) is 10.6 Å². The molecule has 138 valence electrons. The Labute approximate surface area is 167 Å². The second-order valence-corrected chi connectivity index (χ2v) is 9.92. The number of sulfonamides is 1. The van der Waals surface area contributed by atoms with Crippen LogP contribution in [-0.4, -0.2) is 29.1 Å². The molecule has 27 heavy (non-hydrogen) atoms. The lowest BCUT2D eigenvalue weighted by Gasteiger charge is -2.06. The standard InChI is InChI=1S/C16H11ClN4O3S3/c1-21-8-10(15(19-21)12-2-3-14(17)26-12)16(22)20-27(23,24)9-6-13-11(18-7-9)4-5-25-13/h2-8H,1H3,(H,20,22). The zero-order valence-electron chi connectivity index (χ0n) is 13.7. The van der Waals surface area contributed by atoms with Crippen LogP contribution in [0.4, 0.5) is 0 Å². The predicted molar refractivity (Wildman–Crippen MR) is 106 cm³/mol. The molecular weight excluding hydrogens is 428 g/mol. The van der Waals surface area contributed by atoms with Crippen molar-refractivity contribution in [3.05, 3.63) is 51.9 Å². The highest BCUT2D eigenvalue weighted by Gasteiger charge is 2.24. The third-order valence-electron chi connectivity index (χ3n) is 3.69. The number of thiophene rings is 2. The molecule has 0 aliphatic rings. The number of nitrogens with one attached hydrogen (secondary N) is 1. The van der Waals surface area contributed by atoms with Crippen molar-refractivity contribution < 1.29 is 13.2 Å². The Balaban J connectivity index is 1.67. The Morgan fingerprint density at radius 1 is 1.30 bits per heavy atom. The summed E-state index contributed by atoms with van der Waals surface area (Å²) in [5, 5.41) is 6.07. The van der Waals surface area contributed by atoms with Gasteiger partial charge in [0.15, 0.2) is 0 Å². The molecule has 0 bridgehead atoms. The fourth-order valence-electron chi connectivity index (χ4n) is 2.49. The number of hydrogen-bond acceptors (Lipinski definition) is 7. The van der Waals surface area contributed by atoms with E-state index in [4.69, 9.17) is 11.6 Å². The summed E-state index contributed by atoms with van der Waals surface area (Å²) in [6, 6.07) is 6.71. The number of amides is 1. The first kappa shape index (κ1) is 18.1. The van der Waals surface area contributed by atoms with Crippen LogP contribution in [0.5, 0.6) is 0 Å². The van der Waals surface area contributed by atoms with Crippen molar-refractivity contribution in [1.29, 1.82) is 0 Å². The van der Waals surface area contributed by atoms with Gasteiger partial charge in [-0.25, -0.2) is 13.1 Å². The van der Waals surface area contributed by atoms with E-state index in [2.05, 4.69) is 14.8 Å². The number of pyridine rings is 1. The molecule has 0 fully saturated rings. The molecule has 0 aromatic carbocycles. The van der Waals surface area contributed by atoms with Crippen molar-refractivity contribution in [1.82, 2.24) is 19.5 Å². The number of fused-ring (bicyclic) bond motifs is 1. The molecule has 0 spiro atoms. The van der Waals surface area contributed by atoms with Crippen LogP contribution in [0, 0.1) is 0 Å². The third kappa shape index (κ3) is 3.48. The van der Waals surface area contributed by atoms with Gasteiger partial charge in [-0.2, -0.15) is 5.10 Å². The number of carbonyl (C=O) groups excluding carboxylic acids is 1. The smallest absolute Gasteiger partial charge is 0.268 e. The predicted octanol–water partition coefficient (Wildman–Crippen LogP) is 3.53. The minimum atomic E-state index is -4.08. The average Bonchev–Trinajstić information content (AvgIpc) is 3.32. The van der Waals surface area contributed by atoms with Crippen molar-refractivity contribution in [2.75, 3.05) is 0 Å². The first-order valence-electron chi connectivity index (χ1n) is 7.53. The van der Waals surface area contributed by atoms with Crippen molar-refractivity contribution in [2.45, 2.75) is 4.90 Å². The highest BCUT2D eigenvalue weighted by atomic mass is 35.5. The lowest BCUT2D eigenvalue weighted by Crippen LogP contribution is -2.30. The molecule has 4 aromatic rings. The number of aromatic nitrogens is 3. The van der Waals surface area contributed by atoms with Gasteiger partial charge in [-0.05, 0) is 29.6 Å². The van der Waals surface area contributed by atoms with Gasteiger partial charge in [-0.15, -0.1) is 22.7 Å². The average molecular weight is 439 g/mol. The summed E-state index contributed by atoms with van der Waals surface area (Å²) in [4.78, 5) is 17.4. The summed E-state index contributed by atoms with van der Waals surface area (Å²) in [5.74, 6) is -0.770. The fourth-order valence-corrected chi connectivity index (χ4v) is 5.32. The van der Waals surface area contributed by atoms with Crippen LogP contribution in [0.25, 0.3) is 20.8 Å². The first-order chi connectivity index (χ1) is 12.8. The molecule has 4 rings (SSSR count). The van der Waals surface area contributed by atoms with Crippen LogP contribution in [0.3, 0.4) is 0 Å².